The van der Waals surface area contributed by atoms with E-state index in [1.165, 1.54) is 27.3 Å². The molecular weight excluding hydrogens is 562 g/mol. The van der Waals surface area contributed by atoms with Crippen molar-refractivity contribution in [1.29, 1.82) is 0 Å². The summed E-state index contributed by atoms with van der Waals surface area (Å²) in [5.41, 5.74) is 1.05. The van der Waals surface area contributed by atoms with Crippen molar-refractivity contribution in [2.75, 3.05) is 53.4 Å². The van der Waals surface area contributed by atoms with Gasteiger partial charge < -0.3 is 15.0 Å². The average molecular weight is 606 g/mol. The van der Waals surface area contributed by atoms with E-state index < -0.39 is 16.3 Å². The lowest BCUT2D eigenvalue weighted by molar-refractivity contribution is 0.0753. The number of ether oxygens (including phenoxy) is 1. The molecular formula is C28H43N7O6S. The number of benzene rings is 1. The molecule has 13 nitrogen and oxygen atoms in total. The van der Waals surface area contributed by atoms with E-state index >= 15 is 0 Å². The monoisotopic (exact) mass is 605 g/mol. The molecule has 2 unspecified atom stereocenters. The van der Waals surface area contributed by atoms with Crippen LogP contribution in [0.4, 0.5) is 9.59 Å². The summed E-state index contributed by atoms with van der Waals surface area (Å²) in [6.45, 7) is 6.09. The van der Waals surface area contributed by atoms with Crippen molar-refractivity contribution < 1.29 is 22.7 Å². The van der Waals surface area contributed by atoms with Crippen LogP contribution in [0.15, 0.2) is 29.1 Å². The summed E-state index contributed by atoms with van der Waals surface area (Å²) in [5, 5.41) is 3.14. The van der Waals surface area contributed by atoms with Crippen molar-refractivity contribution in [3.05, 3.63) is 34.7 Å². The summed E-state index contributed by atoms with van der Waals surface area (Å²) in [4.78, 5) is 43.1. The number of piperidine rings is 1. The molecule has 14 heteroatoms. The minimum atomic E-state index is -3.48. The Kier molecular flexibility index (Phi) is 8.97. The van der Waals surface area contributed by atoms with E-state index in [0.717, 1.165) is 37.7 Å². The molecule has 3 atom stereocenters. The van der Waals surface area contributed by atoms with E-state index in [1.54, 1.807) is 9.47 Å². The molecule has 0 radical (unpaired) electrons. The molecule has 3 saturated heterocycles. The normalized spacial score (nSPS) is 23.7. The van der Waals surface area contributed by atoms with Crippen molar-refractivity contribution in [2.24, 2.45) is 0 Å². The van der Waals surface area contributed by atoms with Gasteiger partial charge in [0.15, 0.2) is 0 Å². The first-order chi connectivity index (χ1) is 20.0. The molecule has 3 aliphatic rings. The SMILES string of the molecule is CC(C)n1c(=O)n(C(=O)NC2CC3CC[C@@H](C2)N3CCCOC(=O)N2CCN(S(=O)(=O)N(C)C)CC2)c2ccccc21. The fraction of sp³-hybridized carbons (Fsp3) is 0.679. The number of piperazine rings is 1. The van der Waals surface area contributed by atoms with Gasteiger partial charge in [0.2, 0.25) is 0 Å². The Labute approximate surface area is 247 Å². The second-order valence-electron chi connectivity index (χ2n) is 12.0. The van der Waals surface area contributed by atoms with Crippen LogP contribution in [0.25, 0.3) is 11.0 Å². The number of nitrogens with zero attached hydrogens (tertiary/aromatic N) is 6. The summed E-state index contributed by atoms with van der Waals surface area (Å²) in [5.74, 6) is 0. The fourth-order valence-corrected chi connectivity index (χ4v) is 7.78. The van der Waals surface area contributed by atoms with Crippen LogP contribution in [0.3, 0.4) is 0 Å². The van der Waals surface area contributed by atoms with Gasteiger partial charge in [-0.2, -0.15) is 17.0 Å². The van der Waals surface area contributed by atoms with E-state index in [9.17, 15) is 22.8 Å². The number of aromatic nitrogens is 2. The Morgan fingerprint density at radius 1 is 1.02 bits per heavy atom. The van der Waals surface area contributed by atoms with Crippen LogP contribution in [-0.2, 0) is 14.9 Å². The first kappa shape index (κ1) is 30.5. The van der Waals surface area contributed by atoms with Crippen LogP contribution >= 0.6 is 0 Å². The van der Waals surface area contributed by atoms with Crippen molar-refractivity contribution in [1.82, 2.24) is 32.9 Å². The first-order valence-electron chi connectivity index (χ1n) is 14.9. The molecule has 2 aromatic rings. The van der Waals surface area contributed by atoms with Crippen LogP contribution in [0.1, 0.15) is 52.0 Å². The molecule has 42 heavy (non-hydrogen) atoms. The Balaban J connectivity index is 1.09. The summed E-state index contributed by atoms with van der Waals surface area (Å²) in [6.07, 6.45) is 4.05. The predicted molar refractivity (Wildman–Crippen MR) is 159 cm³/mol. The zero-order valence-corrected chi connectivity index (χ0v) is 25.8. The highest BCUT2D eigenvalue weighted by molar-refractivity contribution is 7.86. The molecule has 2 amide bonds. The van der Waals surface area contributed by atoms with Gasteiger partial charge >= 0.3 is 17.8 Å². The Bertz CT molecular complexity index is 1450. The van der Waals surface area contributed by atoms with Gasteiger partial charge in [-0.25, -0.2) is 19.0 Å². The number of hydrogen-bond donors (Lipinski definition) is 1. The Morgan fingerprint density at radius 3 is 2.24 bits per heavy atom. The lowest BCUT2D eigenvalue weighted by Gasteiger charge is -2.39. The molecule has 1 aromatic heterocycles. The maximum absolute atomic E-state index is 13.3. The van der Waals surface area contributed by atoms with Gasteiger partial charge in [0.05, 0.1) is 17.6 Å². The Hall–Kier alpha value is -2.94. The van der Waals surface area contributed by atoms with E-state index in [-0.39, 0.29) is 36.9 Å². The second-order valence-corrected chi connectivity index (χ2v) is 14.1. The summed E-state index contributed by atoms with van der Waals surface area (Å²) < 4.78 is 35.5. The van der Waals surface area contributed by atoms with E-state index in [2.05, 4.69) is 10.2 Å². The third-order valence-electron chi connectivity index (χ3n) is 8.78. The van der Waals surface area contributed by atoms with Gasteiger partial charge in [0.25, 0.3) is 10.2 Å². The number of amides is 2. The lowest BCUT2D eigenvalue weighted by Crippen LogP contribution is -2.53. The summed E-state index contributed by atoms with van der Waals surface area (Å²) >= 11 is 0. The van der Waals surface area contributed by atoms with Crippen molar-refractivity contribution in [2.45, 2.75) is 70.1 Å². The number of rotatable bonds is 8. The molecule has 0 aliphatic carbocycles. The largest absolute Gasteiger partial charge is 0.449 e. The standard InChI is InChI=1S/C28H43N7O6S/c1-20(2)34-24-8-5-6-9-25(24)35(27(34)37)26(36)29-21-18-22-10-11-23(19-21)33(22)12-7-17-41-28(38)31-13-15-32(16-14-31)42(39,40)30(3)4/h5-6,8-9,20-23H,7,10-19H2,1-4H3,(H,29,36)/t21?,22-,23?/m0/s1. The van der Waals surface area contributed by atoms with Crippen LogP contribution in [0.5, 0.6) is 0 Å². The minimum Gasteiger partial charge on any atom is -0.449 e. The van der Waals surface area contributed by atoms with Crippen LogP contribution in [0, 0.1) is 0 Å². The highest BCUT2D eigenvalue weighted by Crippen LogP contribution is 2.36. The maximum Gasteiger partial charge on any atom is 0.409 e. The van der Waals surface area contributed by atoms with Gasteiger partial charge in [-0.3, -0.25) is 9.47 Å². The van der Waals surface area contributed by atoms with Gasteiger partial charge in [0.1, 0.15) is 0 Å². The molecule has 0 saturated carbocycles. The van der Waals surface area contributed by atoms with Crippen LogP contribution in [-0.4, -0.2) is 120 Å². The molecule has 1 N–H and O–H groups in total. The second kappa shape index (κ2) is 12.3. The Morgan fingerprint density at radius 2 is 1.64 bits per heavy atom. The number of carbonyl (C=O) groups is 2. The molecule has 0 spiro atoms. The number of carbonyl (C=O) groups excluding carboxylic acids is 2. The average Bonchev–Trinajstić information content (AvgIpc) is 3.38. The molecule has 3 aliphatic heterocycles. The zero-order chi connectivity index (χ0) is 30.2. The van der Waals surface area contributed by atoms with Crippen molar-refractivity contribution in [3.8, 4) is 0 Å². The number of hydrogen-bond acceptors (Lipinski definition) is 7. The quantitative estimate of drug-likeness (QED) is 0.455. The van der Waals surface area contributed by atoms with Gasteiger partial charge in [-0.05, 0) is 58.1 Å². The van der Waals surface area contributed by atoms with E-state index in [4.69, 9.17) is 4.74 Å². The highest BCUT2D eigenvalue weighted by atomic mass is 32.2. The first-order valence-corrected chi connectivity index (χ1v) is 16.3. The molecule has 5 rings (SSSR count). The van der Waals surface area contributed by atoms with Gasteiger partial charge in [-0.1, -0.05) is 12.1 Å². The smallest absolute Gasteiger partial charge is 0.409 e. The minimum absolute atomic E-state index is 0.00730. The number of nitrogens with one attached hydrogen (secondary N) is 1. The van der Waals surface area contributed by atoms with Crippen LogP contribution in [0.2, 0.25) is 0 Å². The zero-order valence-electron chi connectivity index (χ0n) is 24.9. The van der Waals surface area contributed by atoms with Gasteiger partial charge in [-0.15, -0.1) is 0 Å². The lowest BCUT2D eigenvalue weighted by atomic mass is 9.97. The molecule has 2 bridgehead atoms. The summed E-state index contributed by atoms with van der Waals surface area (Å²) in [7, 11) is -0.488. The number of para-hydroxylation sites is 2. The van der Waals surface area contributed by atoms with E-state index in [0.29, 0.717) is 43.7 Å². The number of imidazole rings is 1. The predicted octanol–water partition coefficient (Wildman–Crippen LogP) is 1.89. The number of fused-ring (bicyclic) bond motifs is 3. The fourth-order valence-electron chi connectivity index (χ4n) is 6.69. The van der Waals surface area contributed by atoms with E-state index in [1.807, 2.05) is 38.1 Å². The third kappa shape index (κ3) is 5.94. The van der Waals surface area contributed by atoms with Gasteiger partial charge in [0, 0.05) is 71.0 Å². The van der Waals surface area contributed by atoms with Crippen molar-refractivity contribution >= 4 is 33.4 Å². The topological polar surface area (TPSA) is 129 Å². The molecule has 232 valence electrons. The molecule has 1 aromatic carbocycles. The van der Waals surface area contributed by atoms with Crippen LogP contribution < -0.4 is 11.0 Å². The molecule has 3 fully saturated rings. The molecule has 4 heterocycles. The van der Waals surface area contributed by atoms with Crippen molar-refractivity contribution in [3.63, 3.8) is 0 Å². The maximum atomic E-state index is 13.3. The summed E-state index contributed by atoms with van der Waals surface area (Å²) in [6, 6.07) is 7.62. The third-order valence-corrected chi connectivity index (χ3v) is 10.7. The highest BCUT2D eigenvalue weighted by Gasteiger charge is 2.41.